The molecule has 0 atom stereocenters. The van der Waals surface area contributed by atoms with E-state index in [1.54, 1.807) is 10.9 Å². The number of nitrogens with one attached hydrogen (secondary N) is 1. The number of benzene rings is 1. The monoisotopic (exact) mass is 424 g/mol. The molecule has 30 heavy (non-hydrogen) atoms. The third-order valence-electron chi connectivity index (χ3n) is 5.93. The Morgan fingerprint density at radius 1 is 1.30 bits per heavy atom. The summed E-state index contributed by atoms with van der Waals surface area (Å²) < 4.78 is 1.56. The lowest BCUT2D eigenvalue weighted by molar-refractivity contribution is 0.103. The Hall–Kier alpha value is -2.51. The Morgan fingerprint density at radius 3 is 2.80 bits per heavy atom. The van der Waals surface area contributed by atoms with Gasteiger partial charge >= 0.3 is 0 Å². The van der Waals surface area contributed by atoms with E-state index in [9.17, 15) is 9.59 Å². The molecule has 3 heterocycles. The fraction of sp³-hybridized carbons (Fsp3) is 0.435. The molecule has 158 valence electrons. The number of anilines is 1. The third kappa shape index (κ3) is 4.18. The number of thiophene rings is 1. The highest BCUT2D eigenvalue weighted by molar-refractivity contribution is 7.20. The number of aromatic nitrogens is 2. The molecule has 0 aliphatic carbocycles. The molecule has 1 aliphatic rings. The maximum Gasteiger partial charge on any atom is 0.266 e. The van der Waals surface area contributed by atoms with Gasteiger partial charge in [0.05, 0.1) is 16.6 Å². The fourth-order valence-electron chi connectivity index (χ4n) is 4.01. The van der Waals surface area contributed by atoms with Crippen LogP contribution >= 0.6 is 11.3 Å². The van der Waals surface area contributed by atoms with Gasteiger partial charge in [-0.2, -0.15) is 0 Å². The first kappa shape index (κ1) is 20.8. The van der Waals surface area contributed by atoms with E-state index >= 15 is 0 Å². The standard InChI is InChI=1S/C23H28N4O2S/c1-4-27-14-24-22-19(23(27)29)16(3)20(30-22)21(28)25-18-7-5-6-17(12-18)13-26-10-8-15(2)9-11-26/h5-7,12,14-15H,4,8-11,13H2,1-3H3,(H,25,28). The van der Waals surface area contributed by atoms with Crippen LogP contribution in [0.4, 0.5) is 5.69 Å². The maximum absolute atomic E-state index is 13.0. The van der Waals surface area contributed by atoms with Crippen LogP contribution in [-0.2, 0) is 13.1 Å². The van der Waals surface area contributed by atoms with Crippen LogP contribution in [0.25, 0.3) is 10.2 Å². The van der Waals surface area contributed by atoms with Gasteiger partial charge in [0.2, 0.25) is 0 Å². The largest absolute Gasteiger partial charge is 0.321 e. The molecule has 1 fully saturated rings. The molecule has 1 aliphatic heterocycles. The van der Waals surface area contributed by atoms with Crippen LogP contribution in [0.2, 0.25) is 0 Å². The van der Waals surface area contributed by atoms with Gasteiger partial charge in [-0.3, -0.25) is 19.1 Å². The number of piperidine rings is 1. The number of hydrogen-bond donors (Lipinski definition) is 1. The summed E-state index contributed by atoms with van der Waals surface area (Å²) in [4.78, 5) is 33.6. The van der Waals surface area contributed by atoms with E-state index < -0.39 is 0 Å². The van der Waals surface area contributed by atoms with E-state index in [1.807, 2.05) is 32.0 Å². The predicted molar refractivity (Wildman–Crippen MR) is 122 cm³/mol. The van der Waals surface area contributed by atoms with Gasteiger partial charge in [0, 0.05) is 18.8 Å². The number of likely N-dealkylation sites (tertiary alicyclic amines) is 1. The average molecular weight is 425 g/mol. The lowest BCUT2D eigenvalue weighted by Gasteiger charge is -2.30. The van der Waals surface area contributed by atoms with Crippen molar-refractivity contribution in [3.8, 4) is 0 Å². The summed E-state index contributed by atoms with van der Waals surface area (Å²) >= 11 is 1.27. The van der Waals surface area contributed by atoms with Gasteiger partial charge in [-0.1, -0.05) is 19.1 Å². The molecule has 1 saturated heterocycles. The van der Waals surface area contributed by atoms with E-state index in [2.05, 4.69) is 28.2 Å². The Labute approximate surface area is 180 Å². The van der Waals surface area contributed by atoms with E-state index in [4.69, 9.17) is 0 Å². The quantitative estimate of drug-likeness (QED) is 0.664. The molecule has 0 radical (unpaired) electrons. The van der Waals surface area contributed by atoms with Crippen molar-refractivity contribution in [2.75, 3.05) is 18.4 Å². The Kier molecular flexibility index (Phi) is 6.01. The summed E-state index contributed by atoms with van der Waals surface area (Å²) in [6.45, 7) is 9.75. The first-order valence-electron chi connectivity index (χ1n) is 10.6. The molecular formula is C23H28N4O2S. The Morgan fingerprint density at radius 2 is 2.07 bits per heavy atom. The molecule has 4 rings (SSSR count). The van der Waals surface area contributed by atoms with Gasteiger partial charge in [-0.25, -0.2) is 4.98 Å². The van der Waals surface area contributed by atoms with E-state index in [0.717, 1.165) is 31.2 Å². The van der Waals surface area contributed by atoms with Crippen LogP contribution in [-0.4, -0.2) is 33.4 Å². The normalized spacial score (nSPS) is 15.6. The third-order valence-corrected chi connectivity index (χ3v) is 7.13. The van der Waals surface area contributed by atoms with Crippen LogP contribution in [0.5, 0.6) is 0 Å². The number of carbonyl (C=O) groups excluding carboxylic acids is 1. The Bertz CT molecular complexity index is 1130. The number of carbonyl (C=O) groups is 1. The summed E-state index contributed by atoms with van der Waals surface area (Å²) in [7, 11) is 0. The maximum atomic E-state index is 13.0. The van der Waals surface area contributed by atoms with Gasteiger partial charge in [0.1, 0.15) is 4.83 Å². The summed E-state index contributed by atoms with van der Waals surface area (Å²) in [6.07, 6.45) is 4.04. The van der Waals surface area contributed by atoms with Crippen LogP contribution in [0.15, 0.2) is 35.4 Å². The van der Waals surface area contributed by atoms with Gasteiger partial charge < -0.3 is 5.32 Å². The second-order valence-corrected chi connectivity index (χ2v) is 9.18. The number of hydrogen-bond acceptors (Lipinski definition) is 5. The fourth-order valence-corrected chi connectivity index (χ4v) is 5.05. The molecule has 1 N–H and O–H groups in total. The summed E-state index contributed by atoms with van der Waals surface area (Å²) in [5.41, 5.74) is 2.58. The molecule has 6 nitrogen and oxygen atoms in total. The zero-order chi connectivity index (χ0) is 21.3. The molecule has 3 aromatic rings. The van der Waals surface area contributed by atoms with Gasteiger partial charge in [0.25, 0.3) is 11.5 Å². The summed E-state index contributed by atoms with van der Waals surface area (Å²) in [5.74, 6) is 0.620. The number of aryl methyl sites for hydroxylation is 2. The van der Waals surface area contributed by atoms with Crippen molar-refractivity contribution in [3.05, 3.63) is 57.0 Å². The number of amides is 1. The number of rotatable bonds is 5. The lowest BCUT2D eigenvalue weighted by atomic mass is 9.99. The zero-order valence-electron chi connectivity index (χ0n) is 17.8. The van der Waals surface area contributed by atoms with Crippen molar-refractivity contribution >= 4 is 33.1 Å². The topological polar surface area (TPSA) is 67.2 Å². The zero-order valence-corrected chi connectivity index (χ0v) is 18.6. The lowest BCUT2D eigenvalue weighted by Crippen LogP contribution is -2.32. The first-order valence-corrected chi connectivity index (χ1v) is 11.4. The summed E-state index contributed by atoms with van der Waals surface area (Å²) in [5, 5.41) is 3.55. The minimum absolute atomic E-state index is 0.0897. The summed E-state index contributed by atoms with van der Waals surface area (Å²) in [6, 6.07) is 8.04. The highest BCUT2D eigenvalue weighted by atomic mass is 32.1. The van der Waals surface area contributed by atoms with Crippen molar-refractivity contribution in [3.63, 3.8) is 0 Å². The number of fused-ring (bicyclic) bond motifs is 1. The van der Waals surface area contributed by atoms with Gasteiger partial charge in [-0.05, 0) is 69.0 Å². The molecule has 1 amide bonds. The molecular weight excluding hydrogens is 396 g/mol. The van der Waals surface area contributed by atoms with Crippen molar-refractivity contribution in [2.45, 2.75) is 46.7 Å². The van der Waals surface area contributed by atoms with Gasteiger partial charge in [0.15, 0.2) is 0 Å². The second-order valence-electron chi connectivity index (χ2n) is 8.19. The molecule has 1 aromatic carbocycles. The van der Waals surface area contributed by atoms with Crippen LogP contribution in [0.3, 0.4) is 0 Å². The first-order chi connectivity index (χ1) is 14.5. The van der Waals surface area contributed by atoms with Gasteiger partial charge in [-0.15, -0.1) is 11.3 Å². The molecule has 7 heteroatoms. The molecule has 2 aromatic heterocycles. The minimum atomic E-state index is -0.193. The average Bonchev–Trinajstić information content (AvgIpc) is 3.08. The van der Waals surface area contributed by atoms with Crippen LogP contribution in [0, 0.1) is 12.8 Å². The molecule has 0 unspecified atom stereocenters. The Balaban J connectivity index is 1.52. The van der Waals surface area contributed by atoms with Crippen molar-refractivity contribution < 1.29 is 4.79 Å². The van der Waals surface area contributed by atoms with Crippen molar-refractivity contribution in [1.29, 1.82) is 0 Å². The van der Waals surface area contributed by atoms with Crippen molar-refractivity contribution in [1.82, 2.24) is 14.5 Å². The minimum Gasteiger partial charge on any atom is -0.321 e. The van der Waals surface area contributed by atoms with E-state index in [-0.39, 0.29) is 11.5 Å². The SMILES string of the molecule is CCn1cnc2sc(C(=O)Nc3cccc(CN4CCC(C)CC4)c3)c(C)c2c1=O. The highest BCUT2D eigenvalue weighted by Gasteiger charge is 2.20. The van der Waals surface area contributed by atoms with E-state index in [0.29, 0.717) is 27.2 Å². The molecule has 0 spiro atoms. The smallest absolute Gasteiger partial charge is 0.266 e. The van der Waals surface area contributed by atoms with Crippen LogP contribution in [0.1, 0.15) is 47.5 Å². The van der Waals surface area contributed by atoms with Crippen molar-refractivity contribution in [2.24, 2.45) is 5.92 Å². The molecule has 0 saturated carbocycles. The van der Waals surface area contributed by atoms with Crippen LogP contribution < -0.4 is 10.9 Å². The number of nitrogens with zero attached hydrogens (tertiary/aromatic N) is 3. The second kappa shape index (κ2) is 8.70. The predicted octanol–water partition coefficient (Wildman–Crippen LogP) is 4.27. The molecule has 0 bridgehead atoms. The highest BCUT2D eigenvalue weighted by Crippen LogP contribution is 2.28. The van der Waals surface area contributed by atoms with E-state index in [1.165, 1.54) is 29.7 Å².